The first kappa shape index (κ1) is 12.7. The Hall–Kier alpha value is -1.73. The van der Waals surface area contributed by atoms with Crippen LogP contribution >= 0.6 is 11.6 Å². The van der Waals surface area contributed by atoms with E-state index in [1.807, 2.05) is 0 Å². The first-order valence-electron chi connectivity index (χ1n) is 5.34. The maximum Gasteiger partial charge on any atom is 0.288 e. The van der Waals surface area contributed by atoms with E-state index in [-0.39, 0.29) is 16.4 Å². The van der Waals surface area contributed by atoms with E-state index in [1.165, 1.54) is 0 Å². The number of carbonyl (C=O) groups excluding carboxylic acids is 1. The van der Waals surface area contributed by atoms with Crippen molar-refractivity contribution in [1.29, 1.82) is 0 Å². The van der Waals surface area contributed by atoms with Gasteiger partial charge in [-0.1, -0.05) is 11.6 Å². The molecule has 0 bridgehead atoms. The molecule has 1 aromatic rings. The molecule has 8 heteroatoms. The number of hydrogen-bond acceptors (Lipinski definition) is 5. The lowest BCUT2D eigenvalue weighted by Crippen LogP contribution is -2.36. The van der Waals surface area contributed by atoms with E-state index in [0.29, 0.717) is 13.2 Å². The van der Waals surface area contributed by atoms with Crippen LogP contribution in [0.1, 0.15) is 23.2 Å². The third-order valence-electron chi connectivity index (χ3n) is 2.50. The SMILES string of the molecule is O=C(c1cc([N+](=O)[O-])cnc1Cl)N1CCCCO1. The maximum atomic E-state index is 12.0. The van der Waals surface area contributed by atoms with Crippen molar-refractivity contribution in [1.82, 2.24) is 10.0 Å². The molecule has 2 heterocycles. The third kappa shape index (κ3) is 2.57. The normalized spacial score (nSPS) is 15.5. The largest absolute Gasteiger partial charge is 0.288 e. The van der Waals surface area contributed by atoms with E-state index in [9.17, 15) is 14.9 Å². The molecule has 18 heavy (non-hydrogen) atoms. The Morgan fingerprint density at radius 1 is 1.56 bits per heavy atom. The number of rotatable bonds is 2. The Morgan fingerprint density at radius 2 is 2.33 bits per heavy atom. The fraction of sp³-hybridized carbons (Fsp3) is 0.400. The van der Waals surface area contributed by atoms with Gasteiger partial charge >= 0.3 is 0 Å². The summed E-state index contributed by atoms with van der Waals surface area (Å²) in [6.45, 7) is 0.892. The fourth-order valence-corrected chi connectivity index (χ4v) is 1.76. The van der Waals surface area contributed by atoms with Gasteiger partial charge < -0.3 is 0 Å². The standard InChI is InChI=1S/C10H10ClN3O4/c11-9-8(5-7(6-12-9)14(16)17)10(15)13-3-1-2-4-18-13/h5-6H,1-4H2. The summed E-state index contributed by atoms with van der Waals surface area (Å²) < 4.78 is 0. The Labute approximate surface area is 107 Å². The molecule has 0 unspecified atom stereocenters. The second kappa shape index (κ2) is 5.28. The van der Waals surface area contributed by atoms with Crippen LogP contribution in [-0.2, 0) is 4.84 Å². The van der Waals surface area contributed by atoms with Crippen LogP contribution < -0.4 is 0 Å². The van der Waals surface area contributed by atoms with E-state index in [4.69, 9.17) is 16.4 Å². The topological polar surface area (TPSA) is 85.6 Å². The van der Waals surface area contributed by atoms with Crippen molar-refractivity contribution in [2.45, 2.75) is 12.8 Å². The van der Waals surface area contributed by atoms with Crippen molar-refractivity contribution in [3.8, 4) is 0 Å². The minimum absolute atomic E-state index is 0.0206. The summed E-state index contributed by atoms with van der Waals surface area (Å²) in [5.74, 6) is -0.504. The Bertz CT molecular complexity index is 488. The number of nitrogens with zero attached hydrogens (tertiary/aromatic N) is 3. The number of halogens is 1. The first-order valence-corrected chi connectivity index (χ1v) is 5.72. The number of amides is 1. The molecule has 0 aliphatic carbocycles. The van der Waals surface area contributed by atoms with Crippen molar-refractivity contribution in [2.24, 2.45) is 0 Å². The second-order valence-electron chi connectivity index (χ2n) is 3.74. The van der Waals surface area contributed by atoms with Gasteiger partial charge in [-0.2, -0.15) is 0 Å². The summed E-state index contributed by atoms with van der Waals surface area (Å²) in [5, 5.41) is 11.7. The van der Waals surface area contributed by atoms with Gasteiger partial charge in [0.1, 0.15) is 11.3 Å². The van der Waals surface area contributed by atoms with E-state index < -0.39 is 10.8 Å². The van der Waals surface area contributed by atoms with Crippen LogP contribution in [0.3, 0.4) is 0 Å². The van der Waals surface area contributed by atoms with Gasteiger partial charge in [-0.05, 0) is 12.8 Å². The van der Waals surface area contributed by atoms with Crippen LogP contribution in [0.5, 0.6) is 0 Å². The highest BCUT2D eigenvalue weighted by Crippen LogP contribution is 2.22. The molecule has 0 aromatic carbocycles. The van der Waals surface area contributed by atoms with Gasteiger partial charge in [0, 0.05) is 12.6 Å². The van der Waals surface area contributed by atoms with Crippen molar-refractivity contribution in [3.05, 3.63) is 33.1 Å². The molecule has 7 nitrogen and oxygen atoms in total. The minimum Gasteiger partial charge on any atom is -0.271 e. The summed E-state index contributed by atoms with van der Waals surface area (Å²) >= 11 is 5.78. The van der Waals surface area contributed by atoms with Crippen LogP contribution in [0.15, 0.2) is 12.3 Å². The second-order valence-corrected chi connectivity index (χ2v) is 4.09. The molecule has 1 aliphatic heterocycles. The molecule has 0 saturated carbocycles. The van der Waals surface area contributed by atoms with Gasteiger partial charge in [-0.25, -0.2) is 10.0 Å². The van der Waals surface area contributed by atoms with Crippen LogP contribution in [0, 0.1) is 10.1 Å². The third-order valence-corrected chi connectivity index (χ3v) is 2.80. The molecule has 96 valence electrons. The molecule has 0 radical (unpaired) electrons. The number of aromatic nitrogens is 1. The van der Waals surface area contributed by atoms with Crippen LogP contribution in [0.4, 0.5) is 5.69 Å². The molecule has 2 rings (SSSR count). The highest BCUT2D eigenvalue weighted by molar-refractivity contribution is 6.32. The molecule has 0 atom stereocenters. The molecule has 1 saturated heterocycles. The summed E-state index contributed by atoms with van der Waals surface area (Å²) in [6.07, 6.45) is 2.71. The van der Waals surface area contributed by atoms with Crippen LogP contribution in [0.2, 0.25) is 5.15 Å². The molecule has 0 spiro atoms. The summed E-state index contributed by atoms with van der Waals surface area (Å²) in [4.78, 5) is 30.9. The van der Waals surface area contributed by atoms with E-state index in [1.54, 1.807) is 0 Å². The smallest absolute Gasteiger partial charge is 0.271 e. The summed E-state index contributed by atoms with van der Waals surface area (Å²) in [7, 11) is 0. The van der Waals surface area contributed by atoms with Crippen molar-refractivity contribution in [2.75, 3.05) is 13.2 Å². The Balaban J connectivity index is 2.28. The Morgan fingerprint density at radius 3 is 2.94 bits per heavy atom. The molecule has 1 amide bonds. The molecular formula is C10H10ClN3O4. The number of nitro groups is 1. The van der Waals surface area contributed by atoms with E-state index in [0.717, 1.165) is 30.2 Å². The predicted molar refractivity (Wildman–Crippen MR) is 62.1 cm³/mol. The molecule has 1 aliphatic rings. The van der Waals surface area contributed by atoms with E-state index >= 15 is 0 Å². The highest BCUT2D eigenvalue weighted by Gasteiger charge is 2.24. The fourth-order valence-electron chi connectivity index (χ4n) is 1.58. The molecular weight excluding hydrogens is 262 g/mol. The first-order chi connectivity index (χ1) is 8.59. The number of hydrogen-bond donors (Lipinski definition) is 0. The van der Waals surface area contributed by atoms with Gasteiger partial charge in [0.15, 0.2) is 0 Å². The van der Waals surface area contributed by atoms with Crippen LogP contribution in [0.25, 0.3) is 0 Å². The van der Waals surface area contributed by atoms with Crippen molar-refractivity contribution in [3.63, 3.8) is 0 Å². The van der Waals surface area contributed by atoms with Gasteiger partial charge in [0.25, 0.3) is 11.6 Å². The van der Waals surface area contributed by atoms with E-state index in [2.05, 4.69) is 4.98 Å². The minimum atomic E-state index is -0.628. The Kier molecular flexibility index (Phi) is 3.73. The van der Waals surface area contributed by atoms with Crippen molar-refractivity contribution >= 4 is 23.2 Å². The van der Waals surface area contributed by atoms with Gasteiger partial charge in [-0.15, -0.1) is 0 Å². The lowest BCUT2D eigenvalue weighted by Gasteiger charge is -2.25. The summed E-state index contributed by atoms with van der Waals surface area (Å²) in [5.41, 5.74) is -0.299. The highest BCUT2D eigenvalue weighted by atomic mass is 35.5. The number of carbonyl (C=O) groups is 1. The monoisotopic (exact) mass is 271 g/mol. The summed E-state index contributed by atoms with van der Waals surface area (Å²) in [6, 6.07) is 1.11. The van der Waals surface area contributed by atoms with Gasteiger partial charge in [0.05, 0.1) is 17.1 Å². The number of pyridine rings is 1. The zero-order valence-electron chi connectivity index (χ0n) is 9.34. The molecule has 1 fully saturated rings. The van der Waals surface area contributed by atoms with Gasteiger partial charge in [-0.3, -0.25) is 19.7 Å². The van der Waals surface area contributed by atoms with Crippen molar-refractivity contribution < 1.29 is 14.6 Å². The predicted octanol–water partition coefficient (Wildman–Crippen LogP) is 1.81. The lowest BCUT2D eigenvalue weighted by atomic mass is 10.2. The zero-order valence-corrected chi connectivity index (χ0v) is 10.1. The average molecular weight is 272 g/mol. The maximum absolute atomic E-state index is 12.0. The van der Waals surface area contributed by atoms with Gasteiger partial charge in [0.2, 0.25) is 0 Å². The average Bonchev–Trinajstić information content (AvgIpc) is 2.39. The molecule has 0 N–H and O–H groups in total. The lowest BCUT2D eigenvalue weighted by molar-refractivity contribution is -0.385. The number of hydroxylamine groups is 2. The van der Waals surface area contributed by atoms with Crippen LogP contribution in [-0.4, -0.2) is 34.0 Å². The quantitative estimate of drug-likeness (QED) is 0.465. The zero-order chi connectivity index (χ0) is 13.1. The molecule has 1 aromatic heterocycles.